The highest BCUT2D eigenvalue weighted by molar-refractivity contribution is 5.99. The quantitative estimate of drug-likeness (QED) is 0.805. The highest BCUT2D eigenvalue weighted by Gasteiger charge is 2.27. The van der Waals surface area contributed by atoms with Crippen LogP contribution in [-0.4, -0.2) is 18.6 Å². The van der Waals surface area contributed by atoms with Gasteiger partial charge in [0.25, 0.3) is 0 Å². The van der Waals surface area contributed by atoms with Crippen LogP contribution in [0.2, 0.25) is 0 Å². The summed E-state index contributed by atoms with van der Waals surface area (Å²) in [5, 5.41) is 0. The number of nitrogens with zero attached hydrogens (tertiary/aromatic N) is 1. The second-order valence-electron chi connectivity index (χ2n) is 6.16. The van der Waals surface area contributed by atoms with Crippen LogP contribution in [0.1, 0.15) is 22.3 Å². The Bertz CT molecular complexity index is 897. The van der Waals surface area contributed by atoms with Gasteiger partial charge in [-0.25, -0.2) is 0 Å². The number of rotatable bonds is 3. The van der Waals surface area contributed by atoms with Crippen LogP contribution in [0, 0.1) is 0 Å². The summed E-state index contributed by atoms with van der Waals surface area (Å²) < 4.78 is 6.01. The monoisotopic (exact) mass is 331 g/mol. The first-order chi connectivity index (χ1) is 12.2. The molecule has 0 bridgehead atoms. The van der Waals surface area contributed by atoms with E-state index in [0.717, 1.165) is 17.5 Å². The summed E-state index contributed by atoms with van der Waals surface area (Å²) in [6.45, 7) is 1.09. The number of Topliss-reactive ketones (excluding diaryl/α,β-unsaturated/α-hetero) is 1. The molecule has 0 radical (unpaired) electrons. The van der Waals surface area contributed by atoms with E-state index in [2.05, 4.69) is 4.90 Å². The topological polar surface area (TPSA) is 46.6 Å². The minimum atomic E-state index is 0.0824. The molecule has 0 amide bonds. The van der Waals surface area contributed by atoms with Crippen molar-refractivity contribution < 1.29 is 14.3 Å². The highest BCUT2D eigenvalue weighted by atomic mass is 16.5. The molecule has 0 aromatic heterocycles. The van der Waals surface area contributed by atoms with E-state index >= 15 is 0 Å². The number of anilines is 1. The first-order valence-electron chi connectivity index (χ1n) is 8.23. The molecular weight excluding hydrogens is 314 g/mol. The number of fused-ring (bicyclic) bond motifs is 1. The number of carbonyl (C=O) groups is 2. The average molecular weight is 331 g/mol. The number of ketones is 1. The van der Waals surface area contributed by atoms with Crippen LogP contribution in [0.5, 0.6) is 5.75 Å². The average Bonchev–Trinajstić information content (AvgIpc) is 2.80. The molecule has 0 saturated carbocycles. The third kappa shape index (κ3) is 2.98. The van der Waals surface area contributed by atoms with Gasteiger partial charge >= 0.3 is 0 Å². The number of ether oxygens (including phenoxy) is 1. The number of hydrogen-bond acceptors (Lipinski definition) is 4. The van der Waals surface area contributed by atoms with Crippen molar-refractivity contribution in [3.8, 4) is 5.75 Å². The van der Waals surface area contributed by atoms with Crippen molar-refractivity contribution in [3.63, 3.8) is 0 Å². The van der Waals surface area contributed by atoms with E-state index in [1.807, 2.05) is 48.6 Å². The Kier molecular flexibility index (Phi) is 3.94. The van der Waals surface area contributed by atoms with E-state index in [9.17, 15) is 9.59 Å². The second kappa shape index (κ2) is 6.40. The van der Waals surface area contributed by atoms with Crippen molar-refractivity contribution in [3.05, 3.63) is 83.1 Å². The summed E-state index contributed by atoms with van der Waals surface area (Å²) in [4.78, 5) is 25.7. The largest absolute Gasteiger partial charge is 0.455 e. The maximum Gasteiger partial charge on any atom is 0.168 e. The molecule has 2 aromatic carbocycles. The molecule has 2 aliphatic rings. The molecule has 0 fully saturated rings. The SMILES string of the molecule is O=Cc1ccc2c(c1)N(Cc1ccccc1)CC1=C(C=CCC1=O)O2. The van der Waals surface area contributed by atoms with E-state index in [0.29, 0.717) is 42.2 Å². The number of hydrogen-bond donors (Lipinski definition) is 0. The number of benzene rings is 2. The molecule has 0 unspecified atom stereocenters. The molecular formula is C21H17NO3. The van der Waals surface area contributed by atoms with Gasteiger partial charge in [0.2, 0.25) is 0 Å². The summed E-state index contributed by atoms with van der Waals surface area (Å²) in [6, 6.07) is 15.4. The van der Waals surface area contributed by atoms with E-state index < -0.39 is 0 Å². The van der Waals surface area contributed by atoms with Crippen molar-refractivity contribution >= 4 is 17.8 Å². The number of carbonyl (C=O) groups excluding carboxylic acids is 2. The summed E-state index contributed by atoms with van der Waals surface area (Å²) in [7, 11) is 0. The molecule has 4 rings (SSSR count). The lowest BCUT2D eigenvalue weighted by Gasteiger charge is -2.25. The van der Waals surface area contributed by atoms with Crippen molar-refractivity contribution in [2.24, 2.45) is 0 Å². The Hall–Kier alpha value is -3.14. The summed E-state index contributed by atoms with van der Waals surface area (Å²) in [5.74, 6) is 1.34. The zero-order valence-electron chi connectivity index (χ0n) is 13.6. The van der Waals surface area contributed by atoms with Gasteiger partial charge in [-0.15, -0.1) is 0 Å². The lowest BCUT2D eigenvalue weighted by atomic mass is 10.0. The van der Waals surface area contributed by atoms with Gasteiger partial charge in [-0.1, -0.05) is 36.4 Å². The molecule has 1 aliphatic carbocycles. The minimum absolute atomic E-state index is 0.0824. The Labute approximate surface area is 146 Å². The predicted octanol–water partition coefficient (Wildman–Crippen LogP) is 3.68. The molecule has 4 nitrogen and oxygen atoms in total. The van der Waals surface area contributed by atoms with Crippen LogP contribution >= 0.6 is 0 Å². The van der Waals surface area contributed by atoms with Crippen LogP contribution in [-0.2, 0) is 11.3 Å². The van der Waals surface area contributed by atoms with Gasteiger partial charge in [-0.2, -0.15) is 0 Å². The fraction of sp³-hybridized carbons (Fsp3) is 0.143. The van der Waals surface area contributed by atoms with Gasteiger partial charge in [0.05, 0.1) is 17.8 Å². The van der Waals surface area contributed by atoms with Crippen molar-refractivity contribution in [2.45, 2.75) is 13.0 Å². The minimum Gasteiger partial charge on any atom is -0.455 e. The summed E-state index contributed by atoms with van der Waals surface area (Å²) in [6.07, 6.45) is 4.91. The van der Waals surface area contributed by atoms with E-state index in [1.165, 1.54) is 0 Å². The highest BCUT2D eigenvalue weighted by Crippen LogP contribution is 2.37. The van der Waals surface area contributed by atoms with Crippen LogP contribution in [0.4, 0.5) is 5.69 Å². The third-order valence-electron chi connectivity index (χ3n) is 4.45. The smallest absolute Gasteiger partial charge is 0.168 e. The van der Waals surface area contributed by atoms with Crippen molar-refractivity contribution in [1.29, 1.82) is 0 Å². The van der Waals surface area contributed by atoms with Crippen LogP contribution in [0.15, 0.2) is 72.0 Å². The molecule has 1 heterocycles. The third-order valence-corrected chi connectivity index (χ3v) is 4.45. The number of allylic oxidation sites excluding steroid dienone is 2. The maximum absolute atomic E-state index is 12.4. The molecule has 0 atom stereocenters. The lowest BCUT2D eigenvalue weighted by Crippen LogP contribution is -2.28. The molecule has 0 saturated heterocycles. The van der Waals surface area contributed by atoms with Crippen LogP contribution in [0.3, 0.4) is 0 Å². The van der Waals surface area contributed by atoms with Gasteiger partial charge in [-0.3, -0.25) is 9.59 Å². The first-order valence-corrected chi connectivity index (χ1v) is 8.23. The van der Waals surface area contributed by atoms with Crippen LogP contribution in [0.25, 0.3) is 0 Å². The molecule has 0 N–H and O–H groups in total. The molecule has 25 heavy (non-hydrogen) atoms. The fourth-order valence-electron chi connectivity index (χ4n) is 3.18. The van der Waals surface area contributed by atoms with Gasteiger partial charge in [0, 0.05) is 18.5 Å². The van der Waals surface area contributed by atoms with Gasteiger partial charge in [-0.05, 0) is 29.8 Å². The molecule has 4 heteroatoms. The molecule has 2 aromatic rings. The van der Waals surface area contributed by atoms with Crippen molar-refractivity contribution in [2.75, 3.05) is 11.4 Å². The molecule has 0 spiro atoms. The van der Waals surface area contributed by atoms with Gasteiger partial charge in [0.1, 0.15) is 12.0 Å². The van der Waals surface area contributed by atoms with Crippen molar-refractivity contribution in [1.82, 2.24) is 0 Å². The molecule has 124 valence electrons. The normalized spacial score (nSPS) is 16.0. The van der Waals surface area contributed by atoms with E-state index in [-0.39, 0.29) is 5.78 Å². The zero-order chi connectivity index (χ0) is 17.2. The Balaban J connectivity index is 1.79. The second-order valence-corrected chi connectivity index (χ2v) is 6.16. The lowest BCUT2D eigenvalue weighted by molar-refractivity contribution is -0.115. The zero-order valence-corrected chi connectivity index (χ0v) is 13.6. The van der Waals surface area contributed by atoms with Crippen LogP contribution < -0.4 is 9.64 Å². The fourth-order valence-corrected chi connectivity index (χ4v) is 3.18. The van der Waals surface area contributed by atoms with E-state index in [4.69, 9.17) is 4.74 Å². The Morgan fingerprint density at radius 2 is 1.96 bits per heavy atom. The van der Waals surface area contributed by atoms with Gasteiger partial charge < -0.3 is 9.64 Å². The Morgan fingerprint density at radius 1 is 1.12 bits per heavy atom. The van der Waals surface area contributed by atoms with E-state index in [1.54, 1.807) is 12.1 Å². The standard InChI is InChI=1S/C21H17NO3/c23-14-16-9-10-21-18(11-16)22(12-15-5-2-1-3-6-15)13-17-19(24)7-4-8-20(17)25-21/h1-6,8-11,14H,7,12-13H2. The first kappa shape index (κ1) is 15.4. The predicted molar refractivity (Wildman–Crippen MR) is 95.7 cm³/mol. The molecule has 1 aliphatic heterocycles. The summed E-state index contributed by atoms with van der Waals surface area (Å²) in [5.41, 5.74) is 3.22. The number of aldehydes is 1. The Morgan fingerprint density at radius 3 is 2.76 bits per heavy atom. The summed E-state index contributed by atoms with van der Waals surface area (Å²) >= 11 is 0. The van der Waals surface area contributed by atoms with Gasteiger partial charge in [0.15, 0.2) is 11.5 Å². The maximum atomic E-state index is 12.4.